The Bertz CT molecular complexity index is 180. The molecule has 1 nitrogen and oxygen atoms in total. The zero-order chi connectivity index (χ0) is 7.68. The standard InChI is InChI=1S/C10H15N/c1-2-11-8-7-9-5-3-4-6-10(9)11/h1,9-10H,3-8H2. The summed E-state index contributed by atoms with van der Waals surface area (Å²) in [5.74, 6) is 0.930. The van der Waals surface area contributed by atoms with Gasteiger partial charge in [-0.2, -0.15) is 0 Å². The molecule has 2 atom stereocenters. The first-order valence-electron chi connectivity index (χ1n) is 4.64. The fourth-order valence-electron chi connectivity index (χ4n) is 2.57. The van der Waals surface area contributed by atoms with Crippen molar-refractivity contribution in [2.75, 3.05) is 6.54 Å². The van der Waals surface area contributed by atoms with E-state index in [0.29, 0.717) is 0 Å². The molecule has 1 aliphatic carbocycles. The van der Waals surface area contributed by atoms with Crippen molar-refractivity contribution < 1.29 is 0 Å². The van der Waals surface area contributed by atoms with Gasteiger partial charge in [0, 0.05) is 18.6 Å². The molecule has 2 aliphatic rings. The third kappa shape index (κ3) is 1.11. The summed E-state index contributed by atoms with van der Waals surface area (Å²) in [5, 5.41) is 0. The van der Waals surface area contributed by atoms with Gasteiger partial charge >= 0.3 is 0 Å². The van der Waals surface area contributed by atoms with E-state index < -0.39 is 0 Å². The van der Waals surface area contributed by atoms with Crippen molar-refractivity contribution in [3.05, 3.63) is 0 Å². The van der Waals surface area contributed by atoms with E-state index in [0.717, 1.165) is 18.5 Å². The third-order valence-electron chi connectivity index (χ3n) is 3.18. The first-order valence-corrected chi connectivity index (χ1v) is 4.64. The molecule has 1 saturated heterocycles. The Kier molecular flexibility index (Phi) is 1.77. The highest BCUT2D eigenvalue weighted by Gasteiger charge is 2.34. The Morgan fingerprint density at radius 3 is 2.82 bits per heavy atom. The molecule has 60 valence electrons. The summed E-state index contributed by atoms with van der Waals surface area (Å²) < 4.78 is 0. The van der Waals surface area contributed by atoms with E-state index in [1.165, 1.54) is 32.1 Å². The van der Waals surface area contributed by atoms with Crippen LogP contribution in [0, 0.1) is 18.4 Å². The summed E-state index contributed by atoms with van der Waals surface area (Å²) >= 11 is 0. The maximum absolute atomic E-state index is 5.42. The lowest BCUT2D eigenvalue weighted by atomic mass is 9.85. The van der Waals surface area contributed by atoms with Gasteiger partial charge in [0.1, 0.15) is 0 Å². The minimum Gasteiger partial charge on any atom is -0.330 e. The molecule has 2 unspecified atom stereocenters. The Balaban J connectivity index is 2.05. The van der Waals surface area contributed by atoms with Crippen LogP contribution in [0.4, 0.5) is 0 Å². The van der Waals surface area contributed by atoms with E-state index in [9.17, 15) is 0 Å². The van der Waals surface area contributed by atoms with Gasteiger partial charge in [0.05, 0.1) is 0 Å². The van der Waals surface area contributed by atoms with E-state index in [2.05, 4.69) is 10.9 Å². The molecule has 11 heavy (non-hydrogen) atoms. The Hall–Kier alpha value is -0.640. The second-order valence-electron chi connectivity index (χ2n) is 3.72. The van der Waals surface area contributed by atoms with Crippen LogP contribution in [-0.4, -0.2) is 17.5 Å². The van der Waals surface area contributed by atoms with E-state index in [4.69, 9.17) is 6.42 Å². The lowest BCUT2D eigenvalue weighted by Gasteiger charge is -2.28. The molecule has 0 bridgehead atoms. The molecule has 1 aliphatic heterocycles. The minimum absolute atomic E-state index is 0.744. The molecule has 1 saturated carbocycles. The Morgan fingerprint density at radius 2 is 2.00 bits per heavy atom. The van der Waals surface area contributed by atoms with Crippen molar-refractivity contribution in [3.63, 3.8) is 0 Å². The molecule has 0 spiro atoms. The van der Waals surface area contributed by atoms with Crippen LogP contribution in [0.3, 0.4) is 0 Å². The summed E-state index contributed by atoms with van der Waals surface area (Å²) in [4.78, 5) is 2.21. The number of hydrogen-bond acceptors (Lipinski definition) is 1. The number of nitrogens with zero attached hydrogens (tertiary/aromatic N) is 1. The van der Waals surface area contributed by atoms with Gasteiger partial charge in [-0.05, 0) is 25.2 Å². The first-order chi connectivity index (χ1) is 5.42. The van der Waals surface area contributed by atoms with Crippen molar-refractivity contribution in [1.29, 1.82) is 0 Å². The van der Waals surface area contributed by atoms with Crippen LogP contribution < -0.4 is 0 Å². The summed E-state index contributed by atoms with van der Waals surface area (Å²) in [6, 6.07) is 3.54. The average Bonchev–Trinajstić information content (AvgIpc) is 2.47. The molecule has 0 aromatic heterocycles. The highest BCUT2D eigenvalue weighted by atomic mass is 15.2. The number of rotatable bonds is 0. The molecule has 0 amide bonds. The van der Waals surface area contributed by atoms with Crippen molar-refractivity contribution in [1.82, 2.24) is 4.90 Å². The maximum Gasteiger partial charge on any atom is 0.0400 e. The van der Waals surface area contributed by atoms with Crippen LogP contribution in [0.1, 0.15) is 32.1 Å². The van der Waals surface area contributed by atoms with Crippen LogP contribution in [0.25, 0.3) is 0 Å². The normalized spacial score (nSPS) is 36.5. The quantitative estimate of drug-likeness (QED) is 0.475. The van der Waals surface area contributed by atoms with Gasteiger partial charge in [-0.1, -0.05) is 19.3 Å². The second kappa shape index (κ2) is 2.77. The molecule has 0 aromatic carbocycles. The minimum atomic E-state index is 0.744. The fraction of sp³-hybridized carbons (Fsp3) is 0.800. The molecule has 2 fully saturated rings. The predicted molar refractivity (Wildman–Crippen MR) is 45.9 cm³/mol. The first kappa shape index (κ1) is 7.03. The van der Waals surface area contributed by atoms with Gasteiger partial charge in [-0.25, -0.2) is 0 Å². The van der Waals surface area contributed by atoms with Crippen LogP contribution in [0.2, 0.25) is 0 Å². The Labute approximate surface area is 68.8 Å². The van der Waals surface area contributed by atoms with Gasteiger partial charge in [-0.3, -0.25) is 0 Å². The highest BCUT2D eigenvalue weighted by molar-refractivity contribution is 4.99. The highest BCUT2D eigenvalue weighted by Crippen LogP contribution is 2.35. The van der Waals surface area contributed by atoms with Gasteiger partial charge in [-0.15, -0.1) is 0 Å². The molecular formula is C10H15N. The largest absolute Gasteiger partial charge is 0.330 e. The summed E-state index contributed by atoms with van der Waals surface area (Å²) in [6.07, 6.45) is 12.3. The monoisotopic (exact) mass is 149 g/mol. The maximum atomic E-state index is 5.42. The molecule has 0 radical (unpaired) electrons. The smallest absolute Gasteiger partial charge is 0.0400 e. The van der Waals surface area contributed by atoms with E-state index in [1.807, 2.05) is 0 Å². The molecule has 0 aromatic rings. The van der Waals surface area contributed by atoms with Crippen LogP contribution in [0.15, 0.2) is 0 Å². The van der Waals surface area contributed by atoms with Crippen molar-refractivity contribution in [2.45, 2.75) is 38.1 Å². The molecule has 1 heteroatoms. The van der Waals surface area contributed by atoms with Crippen LogP contribution >= 0.6 is 0 Å². The van der Waals surface area contributed by atoms with Gasteiger partial charge in [0.2, 0.25) is 0 Å². The van der Waals surface area contributed by atoms with Gasteiger partial charge in [0.25, 0.3) is 0 Å². The molecule has 2 rings (SSSR count). The summed E-state index contributed by atoms with van der Waals surface area (Å²) in [7, 11) is 0. The van der Waals surface area contributed by atoms with Gasteiger partial charge in [0.15, 0.2) is 0 Å². The van der Waals surface area contributed by atoms with Gasteiger partial charge < -0.3 is 4.90 Å². The van der Waals surface area contributed by atoms with Crippen molar-refractivity contribution in [2.24, 2.45) is 5.92 Å². The van der Waals surface area contributed by atoms with E-state index in [-0.39, 0.29) is 0 Å². The second-order valence-corrected chi connectivity index (χ2v) is 3.72. The van der Waals surface area contributed by atoms with Crippen LogP contribution in [-0.2, 0) is 0 Å². The number of hydrogen-bond donors (Lipinski definition) is 0. The third-order valence-corrected chi connectivity index (χ3v) is 3.18. The summed E-state index contributed by atoms with van der Waals surface area (Å²) in [6.45, 7) is 1.14. The lowest BCUT2D eigenvalue weighted by molar-refractivity contribution is 0.245. The van der Waals surface area contributed by atoms with Crippen molar-refractivity contribution >= 4 is 0 Å². The van der Waals surface area contributed by atoms with Crippen LogP contribution in [0.5, 0.6) is 0 Å². The van der Waals surface area contributed by atoms with E-state index >= 15 is 0 Å². The average molecular weight is 149 g/mol. The molecular weight excluding hydrogens is 134 g/mol. The van der Waals surface area contributed by atoms with Crippen molar-refractivity contribution in [3.8, 4) is 12.5 Å². The fourth-order valence-corrected chi connectivity index (χ4v) is 2.57. The lowest BCUT2D eigenvalue weighted by Crippen LogP contribution is -2.31. The zero-order valence-electron chi connectivity index (χ0n) is 6.92. The molecule has 1 heterocycles. The summed E-state index contributed by atoms with van der Waals surface area (Å²) in [5.41, 5.74) is 0. The zero-order valence-corrected chi connectivity index (χ0v) is 6.92. The Morgan fingerprint density at radius 1 is 1.18 bits per heavy atom. The number of fused-ring (bicyclic) bond motifs is 1. The topological polar surface area (TPSA) is 3.24 Å². The predicted octanol–water partition coefficient (Wildman–Crippen LogP) is 1.84. The number of terminal acetylenes is 1. The number of likely N-dealkylation sites (tertiary alicyclic amines) is 1. The van der Waals surface area contributed by atoms with E-state index in [1.54, 1.807) is 0 Å². The SMILES string of the molecule is C#CN1CCC2CCCCC21. The molecule has 0 N–H and O–H groups in total.